The van der Waals surface area contributed by atoms with Crippen molar-refractivity contribution in [1.29, 1.82) is 0 Å². The zero-order valence-electron chi connectivity index (χ0n) is 36.7. The van der Waals surface area contributed by atoms with Gasteiger partial charge in [0.2, 0.25) is 0 Å². The number of nitrogens with zero attached hydrogens (tertiary/aromatic N) is 12. The third-order valence-electron chi connectivity index (χ3n) is 12.4. The number of rotatable bonds is 9. The van der Waals surface area contributed by atoms with Crippen LogP contribution in [0.15, 0.2) is 220 Å². The van der Waals surface area contributed by atoms with Crippen molar-refractivity contribution < 1.29 is 0 Å². The molecule has 0 fully saturated rings. The van der Waals surface area contributed by atoms with Gasteiger partial charge in [-0.3, -0.25) is 13.7 Å². The third kappa shape index (κ3) is 6.82. The van der Waals surface area contributed by atoms with Crippen molar-refractivity contribution in [3.63, 3.8) is 0 Å². The molecular formula is C57H36N12. The molecule has 7 aromatic carbocycles. The molecule has 0 bridgehead atoms. The van der Waals surface area contributed by atoms with E-state index < -0.39 is 0 Å². The van der Waals surface area contributed by atoms with Crippen LogP contribution in [0.1, 0.15) is 0 Å². The summed E-state index contributed by atoms with van der Waals surface area (Å²) in [5, 5.41) is 0. The number of hydrogen-bond donors (Lipinski definition) is 0. The first kappa shape index (κ1) is 39.5. The predicted octanol–water partition coefficient (Wildman–Crippen LogP) is 12.1. The van der Waals surface area contributed by atoms with Gasteiger partial charge in [-0.2, -0.15) is 0 Å². The van der Waals surface area contributed by atoms with Crippen LogP contribution in [-0.4, -0.2) is 58.6 Å². The molecule has 0 unspecified atom stereocenters. The van der Waals surface area contributed by atoms with E-state index in [-0.39, 0.29) is 0 Å². The standard InChI is InChI=1S/C57H36N12/c1-4-16-37(17-5-1)43-22-10-13-25-46(43)55-64-52-49(31-58-34-61-52)67(55)40-28-41(68-50-32-59-35-62-53(50)65-56(68)47-26-14-11-23-44(47)38-18-6-2-7-19-38)30-42(29-40)69-51-33-60-36-63-54(51)66-57(69)48-27-15-12-24-45(48)39-20-8-3-9-21-39/h1-36H. The van der Waals surface area contributed by atoms with E-state index in [0.29, 0.717) is 34.4 Å². The van der Waals surface area contributed by atoms with Crippen molar-refractivity contribution in [1.82, 2.24) is 58.6 Å². The Balaban J connectivity index is 1.15. The molecule has 0 aliphatic rings. The molecule has 0 spiro atoms. The monoisotopic (exact) mass is 888 g/mol. The van der Waals surface area contributed by atoms with Gasteiger partial charge in [0.1, 0.15) is 53.0 Å². The molecule has 13 rings (SSSR count). The molecule has 0 N–H and O–H groups in total. The van der Waals surface area contributed by atoms with E-state index in [2.05, 4.69) is 174 Å². The summed E-state index contributed by atoms with van der Waals surface area (Å²) in [5.74, 6) is 2.07. The molecule has 13 aromatic rings. The Kier molecular flexibility index (Phi) is 9.49. The maximum absolute atomic E-state index is 5.28. The van der Waals surface area contributed by atoms with Gasteiger partial charge < -0.3 is 0 Å². The largest absolute Gasteiger partial charge is 0.289 e. The number of imidazole rings is 3. The minimum absolute atomic E-state index is 0.549. The molecule has 0 amide bonds. The van der Waals surface area contributed by atoms with Gasteiger partial charge in [0.15, 0.2) is 16.9 Å². The van der Waals surface area contributed by atoms with Gasteiger partial charge >= 0.3 is 0 Å². The number of fused-ring (bicyclic) bond motifs is 3. The van der Waals surface area contributed by atoms with Crippen LogP contribution in [-0.2, 0) is 0 Å². The lowest BCUT2D eigenvalue weighted by molar-refractivity contribution is 1.03. The van der Waals surface area contributed by atoms with E-state index in [1.54, 1.807) is 0 Å². The Bertz CT molecular complexity index is 3600. The van der Waals surface area contributed by atoms with Crippen molar-refractivity contribution in [3.8, 4) is 84.6 Å². The molecule has 0 aliphatic carbocycles. The molecule has 12 heteroatoms. The average Bonchev–Trinajstić information content (AvgIpc) is 4.14. The number of benzene rings is 7. The van der Waals surface area contributed by atoms with Gasteiger partial charge in [0.05, 0.1) is 35.7 Å². The summed E-state index contributed by atoms with van der Waals surface area (Å²) in [6.45, 7) is 0. The molecule has 0 saturated heterocycles. The zero-order valence-corrected chi connectivity index (χ0v) is 36.7. The highest BCUT2D eigenvalue weighted by Crippen LogP contribution is 2.41. The fourth-order valence-corrected chi connectivity index (χ4v) is 9.41. The quantitative estimate of drug-likeness (QED) is 0.139. The Morgan fingerprint density at radius 1 is 0.275 bits per heavy atom. The molecule has 6 aromatic heterocycles. The Labute approximate surface area is 394 Å². The maximum Gasteiger partial charge on any atom is 0.181 e. The van der Waals surface area contributed by atoms with E-state index in [1.807, 2.05) is 55.0 Å². The molecule has 324 valence electrons. The molecular weight excluding hydrogens is 853 g/mol. The summed E-state index contributed by atoms with van der Waals surface area (Å²) in [6, 6.07) is 62.6. The Morgan fingerprint density at radius 3 is 0.826 bits per heavy atom. The van der Waals surface area contributed by atoms with Crippen LogP contribution in [0, 0.1) is 0 Å². The molecule has 0 atom stereocenters. The number of hydrogen-bond acceptors (Lipinski definition) is 9. The van der Waals surface area contributed by atoms with Crippen LogP contribution < -0.4 is 0 Å². The van der Waals surface area contributed by atoms with Crippen LogP contribution >= 0.6 is 0 Å². The lowest BCUT2D eigenvalue weighted by Gasteiger charge is -2.19. The van der Waals surface area contributed by atoms with Gasteiger partial charge in [-0.1, -0.05) is 164 Å². The van der Waals surface area contributed by atoms with Gasteiger partial charge in [0.25, 0.3) is 0 Å². The second-order valence-electron chi connectivity index (χ2n) is 16.4. The van der Waals surface area contributed by atoms with Crippen molar-refractivity contribution >= 4 is 33.5 Å². The highest BCUT2D eigenvalue weighted by Gasteiger charge is 2.25. The first-order valence-electron chi connectivity index (χ1n) is 22.4. The fourth-order valence-electron chi connectivity index (χ4n) is 9.41. The maximum atomic E-state index is 5.28. The lowest BCUT2D eigenvalue weighted by Crippen LogP contribution is -2.07. The molecule has 0 radical (unpaired) electrons. The topological polar surface area (TPSA) is 131 Å². The highest BCUT2D eigenvalue weighted by atomic mass is 15.2. The van der Waals surface area contributed by atoms with Crippen molar-refractivity contribution in [3.05, 3.63) is 220 Å². The Morgan fingerprint density at radius 2 is 0.536 bits per heavy atom. The van der Waals surface area contributed by atoms with Gasteiger partial charge in [0, 0.05) is 16.7 Å². The second kappa shape index (κ2) is 16.6. The normalized spacial score (nSPS) is 11.5. The summed E-state index contributed by atoms with van der Waals surface area (Å²) < 4.78 is 6.43. The summed E-state index contributed by atoms with van der Waals surface area (Å²) >= 11 is 0. The van der Waals surface area contributed by atoms with E-state index in [4.69, 9.17) is 29.9 Å². The predicted molar refractivity (Wildman–Crippen MR) is 270 cm³/mol. The molecule has 0 aliphatic heterocycles. The van der Waals surface area contributed by atoms with Gasteiger partial charge in [-0.15, -0.1) is 0 Å². The first-order chi connectivity index (χ1) is 34.2. The smallest absolute Gasteiger partial charge is 0.181 e. The van der Waals surface area contributed by atoms with Gasteiger partial charge in [-0.25, -0.2) is 44.9 Å². The fraction of sp³-hybridized carbons (Fsp3) is 0. The number of aromatic nitrogens is 12. The second-order valence-corrected chi connectivity index (χ2v) is 16.4. The summed E-state index contributed by atoms with van der Waals surface area (Å²) in [7, 11) is 0. The average molecular weight is 889 g/mol. The van der Waals surface area contributed by atoms with E-state index in [0.717, 1.165) is 83.7 Å². The first-order valence-corrected chi connectivity index (χ1v) is 22.4. The zero-order chi connectivity index (χ0) is 45.7. The van der Waals surface area contributed by atoms with Crippen molar-refractivity contribution in [2.24, 2.45) is 0 Å². The SMILES string of the molecule is c1ccc(-c2ccccc2-c2nc3ncncc3n2-c2cc(-n3c(-c4ccccc4-c4ccccc4)nc4ncncc43)cc(-n3c(-c4ccccc4-c4ccccc4)nc4ncncc43)c2)cc1. The van der Waals surface area contributed by atoms with E-state index in [9.17, 15) is 0 Å². The summed E-state index contributed by atoms with van der Waals surface area (Å²) in [4.78, 5) is 43.7. The Hall–Kier alpha value is -9.81. The highest BCUT2D eigenvalue weighted by molar-refractivity contribution is 5.91. The minimum Gasteiger partial charge on any atom is -0.289 e. The van der Waals surface area contributed by atoms with Crippen LogP contribution in [0.2, 0.25) is 0 Å². The minimum atomic E-state index is 0.549. The van der Waals surface area contributed by atoms with Crippen LogP contribution in [0.5, 0.6) is 0 Å². The van der Waals surface area contributed by atoms with Crippen LogP contribution in [0.3, 0.4) is 0 Å². The van der Waals surface area contributed by atoms with E-state index >= 15 is 0 Å². The van der Waals surface area contributed by atoms with Crippen molar-refractivity contribution in [2.75, 3.05) is 0 Å². The molecule has 69 heavy (non-hydrogen) atoms. The molecule has 0 saturated carbocycles. The third-order valence-corrected chi connectivity index (χ3v) is 12.4. The van der Waals surface area contributed by atoms with Crippen LogP contribution in [0.25, 0.3) is 118 Å². The van der Waals surface area contributed by atoms with Crippen molar-refractivity contribution in [2.45, 2.75) is 0 Å². The van der Waals surface area contributed by atoms with Crippen LogP contribution in [0.4, 0.5) is 0 Å². The van der Waals surface area contributed by atoms with E-state index in [1.165, 1.54) is 19.0 Å². The summed E-state index contributed by atoms with van der Waals surface area (Å²) in [6.07, 6.45) is 10.1. The van der Waals surface area contributed by atoms with Gasteiger partial charge in [-0.05, 0) is 51.6 Å². The molecule has 6 heterocycles. The lowest BCUT2D eigenvalue weighted by atomic mass is 9.99. The molecule has 12 nitrogen and oxygen atoms in total. The summed E-state index contributed by atoms with van der Waals surface area (Å²) in [5.41, 5.74) is 15.2.